The van der Waals surface area contributed by atoms with Crippen LogP contribution in [0, 0.1) is 0 Å². The van der Waals surface area contributed by atoms with Gasteiger partial charge in [0.25, 0.3) is 0 Å². The highest BCUT2D eigenvalue weighted by Crippen LogP contribution is 2.35. The second kappa shape index (κ2) is 3.49. The minimum absolute atomic E-state index is 0.135. The molecule has 0 aromatic carbocycles. The molecule has 1 aliphatic heterocycles. The molecule has 62 valence electrons. The van der Waals surface area contributed by atoms with E-state index < -0.39 is 0 Å². The molecule has 0 aliphatic carbocycles. The molecular formula is C8H9N3S. The number of allylic oxidation sites excluding steroid dienone is 2. The third-order valence-electron chi connectivity index (χ3n) is 1.54. The largest absolute Gasteiger partial charge is 0.225 e. The Labute approximate surface area is 73.6 Å². The van der Waals surface area contributed by atoms with Crippen molar-refractivity contribution in [3.05, 3.63) is 41.4 Å². The molecule has 1 aromatic rings. The summed E-state index contributed by atoms with van der Waals surface area (Å²) in [6.07, 6.45) is 7.24. The number of hydrogen-bond donors (Lipinski definition) is 1. The third kappa shape index (κ3) is 1.71. The van der Waals surface area contributed by atoms with Crippen molar-refractivity contribution in [3.63, 3.8) is 0 Å². The summed E-state index contributed by atoms with van der Waals surface area (Å²) in [6.45, 7) is 0. The molecule has 3 nitrogen and oxygen atoms in total. The van der Waals surface area contributed by atoms with Crippen molar-refractivity contribution in [3.8, 4) is 0 Å². The van der Waals surface area contributed by atoms with Crippen molar-refractivity contribution in [2.75, 3.05) is 0 Å². The van der Waals surface area contributed by atoms with E-state index in [4.69, 9.17) is 0 Å². The molecule has 0 saturated heterocycles. The van der Waals surface area contributed by atoms with E-state index in [1.165, 1.54) is 0 Å². The highest BCUT2D eigenvalue weighted by atomic mass is 32.2. The Morgan fingerprint density at radius 2 is 1.75 bits per heavy atom. The lowest BCUT2D eigenvalue weighted by atomic mass is 10.6. The highest BCUT2D eigenvalue weighted by molar-refractivity contribution is 8.21. The first-order valence-electron chi connectivity index (χ1n) is 3.67. The second-order valence-electron chi connectivity index (χ2n) is 2.41. The minimum Gasteiger partial charge on any atom is -0.225 e. The molecule has 0 fully saturated rings. The minimum atomic E-state index is -0.135. The predicted octanol–water partition coefficient (Wildman–Crippen LogP) is 1.41. The van der Waals surface area contributed by atoms with Crippen molar-refractivity contribution in [1.82, 2.24) is 15.0 Å². The Balaban J connectivity index is 2.04. The lowest BCUT2D eigenvalue weighted by molar-refractivity contribution is 0.961. The lowest BCUT2D eigenvalue weighted by Crippen LogP contribution is -1.93. The molecule has 0 N–H and O–H groups in total. The van der Waals surface area contributed by atoms with Crippen LogP contribution in [0.3, 0.4) is 0 Å². The van der Waals surface area contributed by atoms with Crippen LogP contribution in [0.2, 0.25) is 0 Å². The first kappa shape index (κ1) is 7.49. The molecule has 0 saturated carbocycles. The van der Waals surface area contributed by atoms with Crippen LogP contribution in [0.5, 0.6) is 0 Å². The fourth-order valence-electron chi connectivity index (χ4n) is 0.984. The fraction of sp³-hybridized carbons (Fsp3) is 0.125. The van der Waals surface area contributed by atoms with Crippen molar-refractivity contribution < 1.29 is 0 Å². The average molecular weight is 179 g/mol. The van der Waals surface area contributed by atoms with E-state index >= 15 is 0 Å². The number of rotatable bonds is 2. The van der Waals surface area contributed by atoms with Crippen molar-refractivity contribution in [2.24, 2.45) is 0 Å². The van der Waals surface area contributed by atoms with E-state index in [1.54, 1.807) is 12.7 Å². The summed E-state index contributed by atoms with van der Waals surface area (Å²) in [6, 6.07) is 0. The summed E-state index contributed by atoms with van der Waals surface area (Å²) >= 11 is 0. The van der Waals surface area contributed by atoms with E-state index in [0.717, 1.165) is 11.6 Å². The Bertz CT molecular complexity index is 295. The molecule has 0 radical (unpaired) electrons. The number of nitrogens with zero attached hydrogens (tertiary/aromatic N) is 3. The zero-order valence-electron chi connectivity index (χ0n) is 6.46. The predicted molar refractivity (Wildman–Crippen MR) is 50.8 cm³/mol. The zero-order valence-corrected chi connectivity index (χ0v) is 7.35. The maximum absolute atomic E-state index is 4.07. The molecule has 0 spiro atoms. The van der Waals surface area contributed by atoms with Gasteiger partial charge in [0.2, 0.25) is 0 Å². The van der Waals surface area contributed by atoms with Crippen LogP contribution in [0.1, 0.15) is 5.82 Å². The Hall–Kier alpha value is -1.16. The molecule has 2 heterocycles. The van der Waals surface area contributed by atoms with Gasteiger partial charge in [0.15, 0.2) is 0 Å². The molecule has 0 atom stereocenters. The Morgan fingerprint density at radius 1 is 1.08 bits per heavy atom. The van der Waals surface area contributed by atoms with Gasteiger partial charge < -0.3 is 0 Å². The van der Waals surface area contributed by atoms with E-state index in [-0.39, 0.29) is 10.9 Å². The Morgan fingerprint density at radius 3 is 2.42 bits per heavy atom. The second-order valence-corrected chi connectivity index (χ2v) is 4.35. The molecule has 0 bridgehead atoms. The van der Waals surface area contributed by atoms with E-state index in [2.05, 4.69) is 37.9 Å². The number of aromatic nitrogens is 3. The lowest BCUT2D eigenvalue weighted by Gasteiger charge is -2.06. The van der Waals surface area contributed by atoms with Crippen LogP contribution in [-0.4, -0.2) is 15.0 Å². The quantitative estimate of drug-likeness (QED) is 0.698. The van der Waals surface area contributed by atoms with Crippen LogP contribution in [-0.2, 0) is 5.75 Å². The molecule has 0 unspecified atom stereocenters. The number of thiol groups is 1. The van der Waals surface area contributed by atoms with Gasteiger partial charge >= 0.3 is 0 Å². The van der Waals surface area contributed by atoms with Crippen molar-refractivity contribution >= 4 is 10.9 Å². The van der Waals surface area contributed by atoms with Crippen LogP contribution < -0.4 is 0 Å². The summed E-state index contributed by atoms with van der Waals surface area (Å²) in [5, 5.41) is 4.41. The Kier molecular flexibility index (Phi) is 2.18. The maximum Gasteiger partial charge on any atom is 0.140 e. The van der Waals surface area contributed by atoms with Gasteiger partial charge in [0.1, 0.15) is 18.5 Å². The van der Waals surface area contributed by atoms with Gasteiger partial charge in [-0.05, 0) is 10.8 Å². The van der Waals surface area contributed by atoms with Gasteiger partial charge in [0, 0.05) is 5.75 Å². The summed E-state index contributed by atoms with van der Waals surface area (Å²) in [5.41, 5.74) is 0. The standard InChI is InChI=1S/C8H9N3S/c1-2-4-12(3-1)5-8-10-6-9-7-11-8/h1-4,6-7,12H,5H2. The third-order valence-corrected chi connectivity index (χ3v) is 3.30. The first-order valence-corrected chi connectivity index (χ1v) is 5.33. The monoisotopic (exact) mass is 179 g/mol. The molecule has 1 aromatic heterocycles. The average Bonchev–Trinajstić information content (AvgIpc) is 2.59. The van der Waals surface area contributed by atoms with Crippen molar-refractivity contribution in [2.45, 2.75) is 5.75 Å². The smallest absolute Gasteiger partial charge is 0.140 e. The van der Waals surface area contributed by atoms with Crippen molar-refractivity contribution in [1.29, 1.82) is 0 Å². The van der Waals surface area contributed by atoms with Gasteiger partial charge in [-0.3, -0.25) is 0 Å². The molecular weight excluding hydrogens is 170 g/mol. The van der Waals surface area contributed by atoms with E-state index in [0.29, 0.717) is 0 Å². The van der Waals surface area contributed by atoms with Gasteiger partial charge in [0.05, 0.1) is 0 Å². The molecule has 0 amide bonds. The fourth-order valence-corrected chi connectivity index (χ4v) is 2.42. The summed E-state index contributed by atoms with van der Waals surface area (Å²) in [7, 11) is -0.135. The molecule has 4 heteroatoms. The number of hydrogen-bond acceptors (Lipinski definition) is 3. The first-order chi connectivity index (χ1) is 5.95. The highest BCUT2D eigenvalue weighted by Gasteiger charge is 2.02. The molecule has 2 rings (SSSR count). The van der Waals surface area contributed by atoms with Gasteiger partial charge in [-0.2, -0.15) is 0 Å². The topological polar surface area (TPSA) is 38.7 Å². The summed E-state index contributed by atoms with van der Waals surface area (Å²) in [4.78, 5) is 11.9. The van der Waals surface area contributed by atoms with Crippen LogP contribution in [0.15, 0.2) is 35.6 Å². The summed E-state index contributed by atoms with van der Waals surface area (Å²) < 4.78 is 0. The van der Waals surface area contributed by atoms with Gasteiger partial charge in [-0.1, -0.05) is 12.2 Å². The van der Waals surface area contributed by atoms with Crippen LogP contribution in [0.4, 0.5) is 0 Å². The normalized spacial score (nSPS) is 17.2. The van der Waals surface area contributed by atoms with Gasteiger partial charge in [-0.15, -0.1) is 0 Å². The van der Waals surface area contributed by atoms with E-state index in [1.807, 2.05) is 0 Å². The van der Waals surface area contributed by atoms with Crippen LogP contribution in [0.25, 0.3) is 0 Å². The molecule has 1 aliphatic rings. The van der Waals surface area contributed by atoms with Gasteiger partial charge in [-0.25, -0.2) is 25.8 Å². The SMILES string of the molecule is C1=C[SH](Cc2ncncn2)C=C1. The molecule has 12 heavy (non-hydrogen) atoms. The van der Waals surface area contributed by atoms with E-state index in [9.17, 15) is 0 Å². The zero-order chi connectivity index (χ0) is 8.23. The van der Waals surface area contributed by atoms with Crippen LogP contribution >= 0.6 is 10.9 Å². The maximum atomic E-state index is 4.07. The summed E-state index contributed by atoms with van der Waals surface area (Å²) in [5.74, 6) is 1.82.